The number of rotatable bonds is 6. The Morgan fingerprint density at radius 3 is 2.83 bits per heavy atom. The largest absolute Gasteiger partial charge is 0.334 e. The minimum absolute atomic E-state index is 0.0856. The first-order valence-electron chi connectivity index (χ1n) is 7.69. The molecule has 1 heterocycles. The topological polar surface area (TPSA) is 45.2 Å². The summed E-state index contributed by atoms with van der Waals surface area (Å²) in [6.45, 7) is 2.33. The fraction of sp³-hybridized carbons (Fsp3) is 0.333. The number of hydrogen-bond donors (Lipinski definition) is 1. The Balaban J connectivity index is 2.00. The summed E-state index contributed by atoms with van der Waals surface area (Å²) in [6, 6.07) is 8.21. The molecule has 2 amide bonds. The third-order valence-corrected chi connectivity index (χ3v) is 4.57. The average Bonchev–Trinajstić information content (AvgIpc) is 2.60. The molecule has 128 valence electrons. The molecule has 0 bridgehead atoms. The maximum atomic E-state index is 13.4. The Hall–Kier alpha value is -2.08. The molecule has 2 rings (SSSR count). The lowest BCUT2D eigenvalue weighted by Crippen LogP contribution is -2.38. The molecule has 4 nitrogen and oxygen atoms in total. The van der Waals surface area contributed by atoms with Crippen LogP contribution >= 0.6 is 11.8 Å². The van der Waals surface area contributed by atoms with E-state index in [2.05, 4.69) is 10.3 Å². The zero-order valence-electron chi connectivity index (χ0n) is 14.1. The molecule has 0 saturated carbocycles. The molecule has 0 unspecified atom stereocenters. The summed E-state index contributed by atoms with van der Waals surface area (Å²) in [5.41, 5.74) is 2.81. The molecule has 1 aromatic heterocycles. The third-order valence-electron chi connectivity index (χ3n) is 3.97. The van der Waals surface area contributed by atoms with E-state index in [1.165, 1.54) is 12.1 Å². The van der Waals surface area contributed by atoms with Gasteiger partial charge in [-0.05, 0) is 48.1 Å². The second kappa shape index (κ2) is 8.68. The molecule has 0 aliphatic heterocycles. The van der Waals surface area contributed by atoms with Gasteiger partial charge in [-0.2, -0.15) is 11.8 Å². The number of aromatic nitrogens is 1. The van der Waals surface area contributed by atoms with Gasteiger partial charge in [-0.1, -0.05) is 12.1 Å². The summed E-state index contributed by atoms with van der Waals surface area (Å²) in [5, 5.41) is 2.90. The first kappa shape index (κ1) is 18.3. The van der Waals surface area contributed by atoms with E-state index in [0.29, 0.717) is 12.3 Å². The lowest BCUT2D eigenvalue weighted by molar-refractivity contribution is 0.194. The lowest BCUT2D eigenvalue weighted by atomic mass is 10.1. The van der Waals surface area contributed by atoms with Crippen LogP contribution in [0.2, 0.25) is 0 Å². The second-order valence-corrected chi connectivity index (χ2v) is 6.44. The highest BCUT2D eigenvalue weighted by Gasteiger charge is 2.17. The molecule has 1 atom stereocenters. The van der Waals surface area contributed by atoms with Gasteiger partial charge < -0.3 is 10.2 Å². The molecule has 1 aromatic carbocycles. The molecule has 0 aliphatic carbocycles. The number of carbonyl (C=O) groups is 1. The highest BCUT2D eigenvalue weighted by atomic mass is 32.2. The van der Waals surface area contributed by atoms with Crippen molar-refractivity contribution in [2.24, 2.45) is 0 Å². The Morgan fingerprint density at radius 2 is 2.17 bits per heavy atom. The fourth-order valence-corrected chi connectivity index (χ4v) is 2.95. The molecule has 0 saturated heterocycles. The minimum Gasteiger partial charge on any atom is -0.334 e. The van der Waals surface area contributed by atoms with E-state index in [0.717, 1.165) is 16.7 Å². The number of pyridine rings is 1. The zero-order valence-corrected chi connectivity index (χ0v) is 14.9. The van der Waals surface area contributed by atoms with E-state index in [4.69, 9.17) is 0 Å². The highest BCUT2D eigenvalue weighted by Crippen LogP contribution is 2.19. The van der Waals surface area contributed by atoms with Crippen LogP contribution < -0.4 is 5.32 Å². The first-order chi connectivity index (χ1) is 11.5. The summed E-state index contributed by atoms with van der Waals surface area (Å²) in [4.78, 5) is 18.1. The quantitative estimate of drug-likeness (QED) is 0.859. The Labute approximate surface area is 146 Å². The number of benzene rings is 1. The zero-order chi connectivity index (χ0) is 17.5. The molecule has 6 heteroatoms. The van der Waals surface area contributed by atoms with Gasteiger partial charge >= 0.3 is 6.03 Å². The van der Waals surface area contributed by atoms with E-state index in [9.17, 15) is 9.18 Å². The number of hydrogen-bond acceptors (Lipinski definition) is 3. The van der Waals surface area contributed by atoms with E-state index in [1.54, 1.807) is 42.2 Å². The molecular weight excluding hydrogens is 325 g/mol. The van der Waals surface area contributed by atoms with Crippen molar-refractivity contribution < 1.29 is 9.18 Å². The fourth-order valence-electron chi connectivity index (χ4n) is 2.37. The number of thioether (sulfide) groups is 1. The number of amides is 2. The van der Waals surface area contributed by atoms with Crippen LogP contribution in [0.3, 0.4) is 0 Å². The molecular formula is C18H22FN3OS. The van der Waals surface area contributed by atoms with Gasteiger partial charge in [0.15, 0.2) is 0 Å². The van der Waals surface area contributed by atoms with Crippen molar-refractivity contribution in [3.63, 3.8) is 0 Å². The number of nitrogens with one attached hydrogen (secondary N) is 1. The van der Waals surface area contributed by atoms with Gasteiger partial charge in [-0.25, -0.2) is 9.18 Å². The van der Waals surface area contributed by atoms with Crippen molar-refractivity contribution in [2.45, 2.75) is 25.3 Å². The number of nitrogens with zero attached hydrogens (tertiary/aromatic N) is 2. The normalized spacial score (nSPS) is 11.8. The van der Waals surface area contributed by atoms with E-state index in [1.807, 2.05) is 25.3 Å². The van der Waals surface area contributed by atoms with Gasteiger partial charge in [-0.15, -0.1) is 0 Å². The molecule has 0 radical (unpaired) electrons. The van der Waals surface area contributed by atoms with Crippen LogP contribution in [0.5, 0.6) is 0 Å². The summed E-state index contributed by atoms with van der Waals surface area (Å²) >= 11 is 1.62. The van der Waals surface area contributed by atoms with Gasteiger partial charge in [0.05, 0.1) is 6.04 Å². The second-order valence-electron chi connectivity index (χ2n) is 5.58. The third kappa shape index (κ3) is 4.71. The predicted molar refractivity (Wildman–Crippen MR) is 96.3 cm³/mol. The van der Waals surface area contributed by atoms with Crippen LogP contribution in [0.1, 0.15) is 29.7 Å². The van der Waals surface area contributed by atoms with E-state index in [-0.39, 0.29) is 17.9 Å². The minimum atomic E-state index is -0.253. The summed E-state index contributed by atoms with van der Waals surface area (Å²) < 4.78 is 13.4. The predicted octanol–water partition coefficient (Wildman–Crippen LogP) is 3.99. The van der Waals surface area contributed by atoms with Crippen LogP contribution in [0.4, 0.5) is 9.18 Å². The van der Waals surface area contributed by atoms with Crippen molar-refractivity contribution >= 4 is 17.8 Å². The van der Waals surface area contributed by atoms with Crippen molar-refractivity contribution in [1.29, 1.82) is 0 Å². The van der Waals surface area contributed by atoms with Crippen LogP contribution in [-0.4, -0.2) is 29.2 Å². The Bertz CT molecular complexity index is 681. The van der Waals surface area contributed by atoms with Crippen molar-refractivity contribution in [3.05, 3.63) is 65.2 Å². The Kier molecular flexibility index (Phi) is 6.61. The van der Waals surface area contributed by atoms with Crippen LogP contribution in [0.25, 0.3) is 0 Å². The summed E-state index contributed by atoms with van der Waals surface area (Å²) in [6.07, 6.45) is 5.43. The summed E-state index contributed by atoms with van der Waals surface area (Å²) in [7, 11) is 1.75. The standard InChI is InChI=1S/C18H22FN3OS/c1-13(14-5-4-8-20-10-14)22(2)18(23)21-11-15-6-7-17(19)9-16(15)12-24-3/h4-10,13H,11-12H2,1-3H3,(H,21,23)/t13-/m0/s1. The monoisotopic (exact) mass is 347 g/mol. The molecule has 1 N–H and O–H groups in total. The molecule has 24 heavy (non-hydrogen) atoms. The highest BCUT2D eigenvalue weighted by molar-refractivity contribution is 7.97. The average molecular weight is 347 g/mol. The van der Waals surface area contributed by atoms with E-state index < -0.39 is 0 Å². The molecule has 2 aromatic rings. The van der Waals surface area contributed by atoms with Crippen molar-refractivity contribution in [2.75, 3.05) is 13.3 Å². The maximum Gasteiger partial charge on any atom is 0.317 e. The smallest absolute Gasteiger partial charge is 0.317 e. The maximum absolute atomic E-state index is 13.4. The number of halogens is 1. The van der Waals surface area contributed by atoms with Gasteiger partial charge in [0, 0.05) is 31.7 Å². The van der Waals surface area contributed by atoms with Gasteiger partial charge in [-0.3, -0.25) is 4.98 Å². The first-order valence-corrected chi connectivity index (χ1v) is 9.09. The van der Waals surface area contributed by atoms with Crippen LogP contribution in [-0.2, 0) is 12.3 Å². The molecule has 0 aliphatic rings. The SMILES string of the molecule is CSCc1cc(F)ccc1CNC(=O)N(C)[C@@H](C)c1cccnc1. The summed E-state index contributed by atoms with van der Waals surface area (Å²) in [5.74, 6) is 0.460. The number of urea groups is 1. The van der Waals surface area contributed by atoms with Gasteiger partial charge in [0.2, 0.25) is 0 Å². The van der Waals surface area contributed by atoms with Gasteiger partial charge in [0.1, 0.15) is 5.82 Å². The van der Waals surface area contributed by atoms with Crippen LogP contribution in [0, 0.1) is 5.82 Å². The van der Waals surface area contributed by atoms with Crippen molar-refractivity contribution in [3.8, 4) is 0 Å². The van der Waals surface area contributed by atoms with E-state index >= 15 is 0 Å². The number of carbonyl (C=O) groups excluding carboxylic acids is 1. The molecule has 0 spiro atoms. The van der Waals surface area contributed by atoms with Crippen LogP contribution in [0.15, 0.2) is 42.7 Å². The lowest BCUT2D eigenvalue weighted by Gasteiger charge is -2.25. The molecule has 0 fully saturated rings. The van der Waals surface area contributed by atoms with Gasteiger partial charge in [0.25, 0.3) is 0 Å². The Morgan fingerprint density at radius 1 is 1.38 bits per heavy atom. The van der Waals surface area contributed by atoms with Crippen molar-refractivity contribution in [1.82, 2.24) is 15.2 Å².